The molecule has 5 aromatic rings. The first kappa shape index (κ1) is 19.5. The van der Waals surface area contributed by atoms with Gasteiger partial charge in [-0.2, -0.15) is 5.10 Å². The van der Waals surface area contributed by atoms with Gasteiger partial charge in [-0.3, -0.25) is 14.3 Å². The fourth-order valence-electron chi connectivity index (χ4n) is 3.52. The first-order chi connectivity index (χ1) is 15.5. The largest absolute Gasteiger partial charge is 0.354 e. The van der Waals surface area contributed by atoms with Crippen LogP contribution in [-0.2, 0) is 6.54 Å². The average Bonchev–Trinajstić information content (AvgIpc) is 3.44. The molecule has 0 aliphatic rings. The van der Waals surface area contributed by atoms with E-state index in [1.807, 2.05) is 30.3 Å². The molecule has 0 atom stereocenters. The Morgan fingerprint density at radius 2 is 1.91 bits per heavy atom. The molecule has 0 fully saturated rings. The predicted octanol–water partition coefficient (Wildman–Crippen LogP) is 4.16. The maximum atomic E-state index is 13.1. The highest BCUT2D eigenvalue weighted by atomic mass is 19.1. The van der Waals surface area contributed by atoms with Crippen LogP contribution in [0.1, 0.15) is 15.9 Å². The number of rotatable bonds is 5. The lowest BCUT2D eigenvalue weighted by atomic mass is 10.2. The molecule has 1 amide bonds. The molecule has 8 heteroatoms. The zero-order valence-corrected chi connectivity index (χ0v) is 16.8. The average molecular weight is 427 g/mol. The van der Waals surface area contributed by atoms with E-state index in [4.69, 9.17) is 0 Å². The Hall–Kier alpha value is -4.46. The Morgan fingerprint density at radius 1 is 1.09 bits per heavy atom. The van der Waals surface area contributed by atoms with Gasteiger partial charge < -0.3 is 15.3 Å². The minimum absolute atomic E-state index is 0.262. The summed E-state index contributed by atoms with van der Waals surface area (Å²) in [6.07, 6.45) is 4.53. The van der Waals surface area contributed by atoms with Gasteiger partial charge in [0.15, 0.2) is 0 Å². The summed E-state index contributed by atoms with van der Waals surface area (Å²) in [6.45, 7) is 0.413. The van der Waals surface area contributed by atoms with Crippen LogP contribution in [0.15, 0.2) is 84.0 Å². The van der Waals surface area contributed by atoms with E-state index in [0.717, 1.165) is 16.5 Å². The zero-order valence-electron chi connectivity index (χ0n) is 16.8. The van der Waals surface area contributed by atoms with Gasteiger partial charge in [0.25, 0.3) is 11.5 Å². The summed E-state index contributed by atoms with van der Waals surface area (Å²) in [5, 5.41) is 7.98. The third-order valence-electron chi connectivity index (χ3n) is 5.13. The molecule has 3 aromatic heterocycles. The van der Waals surface area contributed by atoms with Crippen molar-refractivity contribution in [2.24, 2.45) is 0 Å². The van der Waals surface area contributed by atoms with Crippen molar-refractivity contribution in [1.29, 1.82) is 0 Å². The molecule has 0 radical (unpaired) electrons. The number of hydrogen-bond donors (Lipinski definition) is 3. The van der Waals surface area contributed by atoms with Crippen LogP contribution < -0.4 is 10.9 Å². The standard InChI is InChI=1S/C24H18FN5O2/c25-18-7-5-15(6-8-18)13-30-14-17(11-27-30)23(31)28-19-10-20(24(32)26-12-19)22-9-16-3-1-2-4-21(16)29-22/h1-12,14,29H,13H2,(H,26,32)(H,28,31). The smallest absolute Gasteiger partial charge is 0.258 e. The number of hydrogen-bond acceptors (Lipinski definition) is 3. The van der Waals surface area contributed by atoms with Gasteiger partial charge in [0.05, 0.1) is 35.2 Å². The lowest BCUT2D eigenvalue weighted by Crippen LogP contribution is -2.15. The molecular weight excluding hydrogens is 409 g/mol. The highest BCUT2D eigenvalue weighted by molar-refractivity contribution is 6.04. The van der Waals surface area contributed by atoms with E-state index in [2.05, 4.69) is 20.4 Å². The lowest BCUT2D eigenvalue weighted by Gasteiger charge is -2.05. The third kappa shape index (κ3) is 3.93. The molecular formula is C24H18FN5O2. The van der Waals surface area contributed by atoms with Crippen LogP contribution in [0, 0.1) is 5.82 Å². The Kier molecular flexibility index (Phi) is 4.87. The van der Waals surface area contributed by atoms with Crippen molar-refractivity contribution in [3.63, 3.8) is 0 Å². The summed E-state index contributed by atoms with van der Waals surface area (Å²) in [5.41, 5.74) is 3.43. The van der Waals surface area contributed by atoms with E-state index in [0.29, 0.717) is 29.1 Å². The first-order valence-corrected chi connectivity index (χ1v) is 9.94. The van der Waals surface area contributed by atoms with Crippen molar-refractivity contribution in [1.82, 2.24) is 19.7 Å². The number of nitrogens with zero attached hydrogens (tertiary/aromatic N) is 2. The summed E-state index contributed by atoms with van der Waals surface area (Å²) < 4.78 is 14.7. The van der Waals surface area contributed by atoms with Gasteiger partial charge in [-0.05, 0) is 35.9 Å². The fraction of sp³-hybridized carbons (Fsp3) is 0.0417. The summed E-state index contributed by atoms with van der Waals surface area (Å²) in [4.78, 5) is 31.0. The van der Waals surface area contributed by atoms with Crippen molar-refractivity contribution >= 4 is 22.5 Å². The number of anilines is 1. The molecule has 0 saturated carbocycles. The van der Waals surface area contributed by atoms with Crippen LogP contribution in [0.25, 0.3) is 22.2 Å². The second kappa shape index (κ2) is 7.99. The van der Waals surface area contributed by atoms with Gasteiger partial charge in [-0.25, -0.2) is 4.39 Å². The molecule has 0 spiro atoms. The molecule has 32 heavy (non-hydrogen) atoms. The van der Waals surface area contributed by atoms with Gasteiger partial charge in [0.2, 0.25) is 0 Å². The third-order valence-corrected chi connectivity index (χ3v) is 5.13. The van der Waals surface area contributed by atoms with E-state index in [-0.39, 0.29) is 17.3 Å². The zero-order chi connectivity index (χ0) is 22.1. The molecule has 2 aromatic carbocycles. The van der Waals surface area contributed by atoms with Crippen LogP contribution in [0.2, 0.25) is 0 Å². The number of benzene rings is 2. The minimum atomic E-state index is -0.356. The Bertz CT molecular complexity index is 1450. The summed E-state index contributed by atoms with van der Waals surface area (Å²) in [6, 6.07) is 17.4. The van der Waals surface area contributed by atoms with Crippen LogP contribution in [-0.4, -0.2) is 25.7 Å². The Morgan fingerprint density at radius 3 is 2.72 bits per heavy atom. The van der Waals surface area contributed by atoms with Crippen LogP contribution >= 0.6 is 0 Å². The van der Waals surface area contributed by atoms with Gasteiger partial charge >= 0.3 is 0 Å². The van der Waals surface area contributed by atoms with E-state index in [9.17, 15) is 14.0 Å². The second-order valence-electron chi connectivity index (χ2n) is 7.41. The van der Waals surface area contributed by atoms with Crippen molar-refractivity contribution < 1.29 is 9.18 Å². The second-order valence-corrected chi connectivity index (χ2v) is 7.41. The molecule has 0 bridgehead atoms. The van der Waals surface area contributed by atoms with Gasteiger partial charge in [0.1, 0.15) is 5.82 Å². The predicted molar refractivity (Wildman–Crippen MR) is 120 cm³/mol. The van der Waals surface area contributed by atoms with Crippen LogP contribution in [0.5, 0.6) is 0 Å². The monoisotopic (exact) mass is 427 g/mol. The highest BCUT2D eigenvalue weighted by Gasteiger charge is 2.13. The van der Waals surface area contributed by atoms with Crippen molar-refractivity contribution in [2.45, 2.75) is 6.54 Å². The van der Waals surface area contributed by atoms with E-state index in [1.54, 1.807) is 29.1 Å². The van der Waals surface area contributed by atoms with Gasteiger partial charge in [-0.15, -0.1) is 0 Å². The maximum Gasteiger partial charge on any atom is 0.258 e. The molecule has 0 aliphatic carbocycles. The number of amides is 1. The van der Waals surface area contributed by atoms with Crippen molar-refractivity contribution in [2.75, 3.05) is 5.32 Å². The molecule has 158 valence electrons. The Balaban J connectivity index is 1.34. The van der Waals surface area contributed by atoms with Gasteiger partial charge in [0, 0.05) is 23.3 Å². The minimum Gasteiger partial charge on any atom is -0.354 e. The number of halogens is 1. The number of fused-ring (bicyclic) bond motifs is 1. The fourth-order valence-corrected chi connectivity index (χ4v) is 3.52. The van der Waals surface area contributed by atoms with Crippen molar-refractivity contribution in [3.05, 3.63) is 107 Å². The molecule has 0 aliphatic heterocycles. The van der Waals surface area contributed by atoms with Crippen LogP contribution in [0.4, 0.5) is 10.1 Å². The van der Waals surface area contributed by atoms with Crippen molar-refractivity contribution in [3.8, 4) is 11.3 Å². The first-order valence-electron chi connectivity index (χ1n) is 9.94. The normalized spacial score (nSPS) is 11.0. The summed E-state index contributed by atoms with van der Waals surface area (Å²) in [7, 11) is 0. The highest BCUT2D eigenvalue weighted by Crippen LogP contribution is 2.23. The van der Waals surface area contributed by atoms with E-state index in [1.165, 1.54) is 24.5 Å². The number of aromatic amines is 2. The molecule has 5 rings (SSSR count). The number of aromatic nitrogens is 4. The number of nitrogens with one attached hydrogen (secondary N) is 3. The Labute approximate surface area is 181 Å². The number of para-hydroxylation sites is 1. The number of carbonyl (C=O) groups is 1. The number of H-pyrrole nitrogens is 2. The van der Waals surface area contributed by atoms with Crippen LogP contribution in [0.3, 0.4) is 0 Å². The number of carbonyl (C=O) groups excluding carboxylic acids is 1. The lowest BCUT2D eigenvalue weighted by molar-refractivity contribution is 0.102. The maximum absolute atomic E-state index is 13.1. The SMILES string of the molecule is O=C(Nc1c[nH]c(=O)c(-c2cc3ccccc3[nH]2)c1)c1cnn(Cc2ccc(F)cc2)c1. The summed E-state index contributed by atoms with van der Waals surface area (Å²) in [5.74, 6) is -0.660. The van der Waals surface area contributed by atoms with Gasteiger partial charge in [-0.1, -0.05) is 30.3 Å². The van der Waals surface area contributed by atoms with E-state index >= 15 is 0 Å². The molecule has 3 N–H and O–H groups in total. The topological polar surface area (TPSA) is 95.6 Å². The molecule has 0 unspecified atom stereocenters. The quantitative estimate of drug-likeness (QED) is 0.393. The summed E-state index contributed by atoms with van der Waals surface area (Å²) >= 11 is 0. The molecule has 7 nitrogen and oxygen atoms in total. The molecule has 3 heterocycles. The molecule has 0 saturated heterocycles. The number of pyridine rings is 1. The van der Waals surface area contributed by atoms with E-state index < -0.39 is 0 Å².